The Bertz CT molecular complexity index is 893. The van der Waals surface area contributed by atoms with Gasteiger partial charge in [-0.2, -0.15) is 4.31 Å². The van der Waals surface area contributed by atoms with E-state index in [1.54, 1.807) is 29.2 Å². The fourth-order valence-corrected chi connectivity index (χ4v) is 5.87. The minimum absolute atomic E-state index is 0.134. The first kappa shape index (κ1) is 17.5. The highest BCUT2D eigenvalue weighted by Crippen LogP contribution is 2.45. The van der Waals surface area contributed by atoms with E-state index in [0.29, 0.717) is 19.0 Å². The minimum Gasteiger partial charge on any atom is -0.497 e. The number of fused-ring (bicyclic) bond motifs is 1. The third-order valence-electron chi connectivity index (χ3n) is 5.60. The van der Waals surface area contributed by atoms with E-state index >= 15 is 0 Å². The number of likely N-dealkylation sites (tertiary alicyclic amines) is 1. The van der Waals surface area contributed by atoms with Crippen LogP contribution < -0.4 is 4.74 Å². The fourth-order valence-electron chi connectivity index (χ4n) is 4.37. The number of benzene rings is 1. The Balaban J connectivity index is 1.58. The predicted octanol–water partition coefficient (Wildman–Crippen LogP) is 1.35. The molecule has 0 spiro atoms. The maximum atomic E-state index is 12.9. The van der Waals surface area contributed by atoms with Crippen molar-refractivity contribution in [2.24, 2.45) is 18.9 Å². The summed E-state index contributed by atoms with van der Waals surface area (Å²) in [5, 5.41) is 0.134. The highest BCUT2D eigenvalue weighted by atomic mass is 32.2. The number of aryl methyl sites for hydroxylation is 1. The molecule has 0 radical (unpaired) electrons. The van der Waals surface area contributed by atoms with Gasteiger partial charge in [-0.3, -0.25) is 4.90 Å². The maximum Gasteiger partial charge on any atom is 0.262 e. The molecule has 26 heavy (non-hydrogen) atoms. The van der Waals surface area contributed by atoms with Crippen molar-refractivity contribution in [1.29, 1.82) is 0 Å². The first-order valence-electron chi connectivity index (χ1n) is 8.72. The molecule has 2 aliphatic rings. The molecule has 2 fully saturated rings. The van der Waals surface area contributed by atoms with Gasteiger partial charge in [0.05, 0.1) is 13.4 Å². The number of rotatable bonds is 4. The largest absolute Gasteiger partial charge is 0.497 e. The number of methoxy groups -OCH3 is 1. The van der Waals surface area contributed by atoms with Gasteiger partial charge >= 0.3 is 0 Å². The molecule has 1 aromatic heterocycles. The van der Waals surface area contributed by atoms with Crippen LogP contribution in [-0.2, 0) is 17.1 Å². The lowest BCUT2D eigenvalue weighted by molar-refractivity contribution is 0.261. The summed E-state index contributed by atoms with van der Waals surface area (Å²) < 4.78 is 34.3. The molecule has 2 aromatic rings. The van der Waals surface area contributed by atoms with Gasteiger partial charge in [-0.1, -0.05) is 12.1 Å². The highest BCUT2D eigenvalue weighted by molar-refractivity contribution is 7.89. The number of imidazole rings is 1. The number of nitrogens with zero attached hydrogens (tertiary/aromatic N) is 4. The molecule has 2 aliphatic heterocycles. The summed E-state index contributed by atoms with van der Waals surface area (Å²) >= 11 is 0. The van der Waals surface area contributed by atoms with E-state index in [1.165, 1.54) is 11.9 Å². The first-order chi connectivity index (χ1) is 12.4. The third kappa shape index (κ3) is 2.82. The van der Waals surface area contributed by atoms with Crippen LogP contribution in [0.3, 0.4) is 0 Å². The van der Waals surface area contributed by atoms with E-state index in [-0.39, 0.29) is 17.0 Å². The summed E-state index contributed by atoms with van der Waals surface area (Å²) in [5.41, 5.74) is 1.21. The van der Waals surface area contributed by atoms with Crippen molar-refractivity contribution in [3.8, 4) is 5.75 Å². The van der Waals surface area contributed by atoms with E-state index in [1.807, 2.05) is 12.1 Å². The van der Waals surface area contributed by atoms with Gasteiger partial charge in [0, 0.05) is 38.9 Å². The molecule has 0 amide bonds. The average molecular weight is 376 g/mol. The topological polar surface area (TPSA) is 67.7 Å². The number of sulfonamides is 1. The van der Waals surface area contributed by atoms with Crippen LogP contribution in [-0.4, -0.2) is 61.0 Å². The van der Waals surface area contributed by atoms with Crippen LogP contribution >= 0.6 is 0 Å². The summed E-state index contributed by atoms with van der Waals surface area (Å²) in [5.74, 6) is 1.45. The molecule has 4 rings (SSSR count). The smallest absolute Gasteiger partial charge is 0.262 e. The van der Waals surface area contributed by atoms with Crippen molar-refractivity contribution >= 4 is 10.0 Å². The van der Waals surface area contributed by atoms with Crippen molar-refractivity contribution in [3.63, 3.8) is 0 Å². The van der Waals surface area contributed by atoms with Crippen LogP contribution in [0.1, 0.15) is 11.6 Å². The Kier molecular flexibility index (Phi) is 4.29. The molecule has 0 saturated carbocycles. The SMILES string of the molecule is COc1ccc([C@@H]2[C@@H]3CN(S(=O)(=O)c4cn(C)cn4)C[C@@H]3CN2C)cc1. The number of hydrogen-bond donors (Lipinski definition) is 0. The highest BCUT2D eigenvalue weighted by Gasteiger charge is 2.49. The van der Waals surface area contributed by atoms with Crippen LogP contribution in [0, 0.1) is 11.8 Å². The molecule has 8 heteroatoms. The Labute approximate surface area is 154 Å². The Morgan fingerprint density at radius 1 is 1.12 bits per heavy atom. The molecule has 0 unspecified atom stereocenters. The minimum atomic E-state index is -3.53. The maximum absolute atomic E-state index is 12.9. The number of aromatic nitrogens is 2. The zero-order valence-corrected chi connectivity index (χ0v) is 16.1. The van der Waals surface area contributed by atoms with Crippen LogP contribution in [0.2, 0.25) is 0 Å². The van der Waals surface area contributed by atoms with Crippen LogP contribution in [0.4, 0.5) is 0 Å². The zero-order valence-electron chi connectivity index (χ0n) is 15.2. The van der Waals surface area contributed by atoms with Gasteiger partial charge in [0.2, 0.25) is 0 Å². The zero-order chi connectivity index (χ0) is 18.5. The van der Waals surface area contributed by atoms with Gasteiger partial charge in [-0.25, -0.2) is 13.4 Å². The summed E-state index contributed by atoms with van der Waals surface area (Å²) in [6.07, 6.45) is 3.09. The van der Waals surface area contributed by atoms with Crippen molar-refractivity contribution in [3.05, 3.63) is 42.4 Å². The third-order valence-corrected chi connectivity index (χ3v) is 7.32. The van der Waals surface area contributed by atoms with Crippen molar-refractivity contribution in [2.75, 3.05) is 33.8 Å². The Morgan fingerprint density at radius 2 is 1.85 bits per heavy atom. The Hall–Kier alpha value is -1.90. The summed E-state index contributed by atoms with van der Waals surface area (Å²) in [6.45, 7) is 1.99. The lowest BCUT2D eigenvalue weighted by Crippen LogP contribution is -2.33. The summed E-state index contributed by atoms with van der Waals surface area (Å²) in [7, 11) is 2.02. The standard InChI is InChI=1S/C18H24N4O3S/c1-20-11-17(19-12-20)26(23,24)22-9-14-8-21(2)18(16(14)10-22)13-4-6-15(25-3)7-5-13/h4-7,11-12,14,16,18H,8-10H2,1-3H3/t14-,16+,18+/m0/s1. The van der Waals surface area contributed by atoms with Gasteiger partial charge in [-0.15, -0.1) is 0 Å². The van der Waals surface area contributed by atoms with Crippen LogP contribution in [0.5, 0.6) is 5.75 Å². The number of hydrogen-bond acceptors (Lipinski definition) is 5. The Morgan fingerprint density at radius 3 is 2.46 bits per heavy atom. The molecule has 0 bridgehead atoms. The molecule has 0 aliphatic carbocycles. The van der Waals surface area contributed by atoms with Gasteiger partial charge in [0.15, 0.2) is 5.03 Å². The second kappa shape index (κ2) is 6.37. The fraction of sp³-hybridized carbons (Fsp3) is 0.500. The van der Waals surface area contributed by atoms with Crippen molar-refractivity contribution < 1.29 is 13.2 Å². The van der Waals surface area contributed by atoms with Gasteiger partial charge in [0.1, 0.15) is 5.75 Å². The van der Waals surface area contributed by atoms with E-state index in [2.05, 4.69) is 29.1 Å². The summed E-state index contributed by atoms with van der Waals surface area (Å²) in [4.78, 5) is 6.38. The molecule has 140 valence electrons. The molecular formula is C18H24N4O3S. The predicted molar refractivity (Wildman–Crippen MR) is 97.3 cm³/mol. The first-order valence-corrected chi connectivity index (χ1v) is 10.2. The monoisotopic (exact) mass is 376 g/mol. The molecular weight excluding hydrogens is 352 g/mol. The molecule has 2 saturated heterocycles. The van der Waals surface area contributed by atoms with E-state index in [9.17, 15) is 8.42 Å². The molecule has 7 nitrogen and oxygen atoms in total. The molecule has 1 aromatic carbocycles. The van der Waals surface area contributed by atoms with Crippen molar-refractivity contribution in [1.82, 2.24) is 18.8 Å². The van der Waals surface area contributed by atoms with Crippen molar-refractivity contribution in [2.45, 2.75) is 11.1 Å². The van der Waals surface area contributed by atoms with E-state index in [4.69, 9.17) is 4.74 Å². The van der Waals surface area contributed by atoms with Gasteiger partial charge < -0.3 is 9.30 Å². The lowest BCUT2D eigenvalue weighted by atomic mass is 9.89. The van der Waals surface area contributed by atoms with Gasteiger partial charge in [-0.05, 0) is 36.6 Å². The van der Waals surface area contributed by atoms with Gasteiger partial charge in [0.25, 0.3) is 10.0 Å². The summed E-state index contributed by atoms with van der Waals surface area (Å²) in [6, 6.07) is 8.31. The molecule has 3 atom stereocenters. The second-order valence-corrected chi connectivity index (χ2v) is 9.17. The second-order valence-electron chi connectivity index (χ2n) is 7.28. The molecule has 0 N–H and O–H groups in total. The van der Waals surface area contributed by atoms with E-state index in [0.717, 1.165) is 12.3 Å². The average Bonchev–Trinajstić information content (AvgIpc) is 3.29. The van der Waals surface area contributed by atoms with Crippen LogP contribution in [0.15, 0.2) is 41.8 Å². The normalized spacial score (nSPS) is 27.0. The molecule has 3 heterocycles. The number of ether oxygens (including phenoxy) is 1. The van der Waals surface area contributed by atoms with E-state index < -0.39 is 10.0 Å². The lowest BCUT2D eigenvalue weighted by Gasteiger charge is -2.26. The van der Waals surface area contributed by atoms with Crippen LogP contribution in [0.25, 0.3) is 0 Å². The quantitative estimate of drug-likeness (QED) is 0.806.